The first kappa shape index (κ1) is 12.5. The molecule has 19 heavy (non-hydrogen) atoms. The first-order chi connectivity index (χ1) is 9.33. The maximum absolute atomic E-state index is 4.70. The van der Waals surface area contributed by atoms with Gasteiger partial charge in [-0.25, -0.2) is 0 Å². The molecule has 0 amide bonds. The smallest absolute Gasteiger partial charge is 0.0672 e. The van der Waals surface area contributed by atoms with Crippen LogP contribution in [0.2, 0.25) is 0 Å². The summed E-state index contributed by atoms with van der Waals surface area (Å²) in [5.41, 5.74) is 3.69. The summed E-state index contributed by atoms with van der Waals surface area (Å²) in [4.78, 5) is 0. The summed E-state index contributed by atoms with van der Waals surface area (Å²) in [5, 5.41) is 4.70. The van der Waals surface area contributed by atoms with Gasteiger partial charge < -0.3 is 0 Å². The monoisotopic (exact) mass is 254 g/mol. The topological polar surface area (TPSA) is 17.8 Å². The van der Waals surface area contributed by atoms with Crippen LogP contribution in [0.3, 0.4) is 0 Å². The van der Waals surface area contributed by atoms with Crippen LogP contribution in [-0.2, 0) is 6.54 Å². The lowest BCUT2D eigenvalue weighted by atomic mass is 9.89. The fourth-order valence-corrected chi connectivity index (χ4v) is 3.15. The molecule has 0 saturated heterocycles. The largest absolute Gasteiger partial charge is 0.272 e. The van der Waals surface area contributed by atoms with Gasteiger partial charge in [-0.05, 0) is 31.2 Å². The molecule has 1 fully saturated rings. The van der Waals surface area contributed by atoms with Crippen molar-refractivity contribution >= 4 is 0 Å². The molecule has 2 heteroatoms. The highest BCUT2D eigenvalue weighted by Crippen LogP contribution is 2.27. The van der Waals surface area contributed by atoms with Crippen LogP contribution in [0, 0.1) is 12.8 Å². The van der Waals surface area contributed by atoms with Crippen molar-refractivity contribution < 1.29 is 0 Å². The molecular formula is C17H22N2. The lowest BCUT2D eigenvalue weighted by Crippen LogP contribution is -2.14. The van der Waals surface area contributed by atoms with E-state index in [1.807, 2.05) is 0 Å². The fourth-order valence-electron chi connectivity index (χ4n) is 3.15. The zero-order valence-corrected chi connectivity index (χ0v) is 11.7. The fraction of sp³-hybridized carbons (Fsp3) is 0.471. The van der Waals surface area contributed by atoms with Crippen molar-refractivity contribution in [3.63, 3.8) is 0 Å². The maximum atomic E-state index is 4.70. The van der Waals surface area contributed by atoms with E-state index in [1.54, 1.807) is 0 Å². The normalized spacial score (nSPS) is 16.7. The van der Waals surface area contributed by atoms with Gasteiger partial charge in [0.15, 0.2) is 0 Å². The van der Waals surface area contributed by atoms with Crippen molar-refractivity contribution in [1.82, 2.24) is 9.78 Å². The van der Waals surface area contributed by atoms with E-state index in [9.17, 15) is 0 Å². The molecule has 0 bridgehead atoms. The molecule has 3 rings (SSSR count). The third kappa shape index (κ3) is 2.89. The Morgan fingerprint density at radius 2 is 1.84 bits per heavy atom. The van der Waals surface area contributed by atoms with Crippen LogP contribution < -0.4 is 0 Å². The molecule has 0 radical (unpaired) electrons. The molecule has 2 nitrogen and oxygen atoms in total. The minimum atomic E-state index is 0.830. The molecule has 1 aliphatic carbocycles. The lowest BCUT2D eigenvalue weighted by molar-refractivity contribution is 0.308. The number of aromatic nitrogens is 2. The number of hydrogen-bond acceptors (Lipinski definition) is 1. The second-order valence-corrected chi connectivity index (χ2v) is 5.72. The number of hydrogen-bond donors (Lipinski definition) is 0. The zero-order valence-electron chi connectivity index (χ0n) is 11.7. The molecule has 100 valence electrons. The summed E-state index contributed by atoms with van der Waals surface area (Å²) >= 11 is 0. The Morgan fingerprint density at radius 1 is 1.11 bits per heavy atom. The number of benzene rings is 1. The van der Waals surface area contributed by atoms with Crippen LogP contribution in [0.5, 0.6) is 0 Å². The average molecular weight is 254 g/mol. The molecule has 0 atom stereocenters. The predicted octanol–water partition coefficient (Wildman–Crippen LogP) is 4.44. The highest BCUT2D eigenvalue weighted by molar-refractivity contribution is 5.64. The summed E-state index contributed by atoms with van der Waals surface area (Å²) < 4.78 is 2.16. The molecule has 0 spiro atoms. The highest BCUT2D eigenvalue weighted by atomic mass is 15.3. The van der Waals surface area contributed by atoms with Crippen molar-refractivity contribution in [2.45, 2.75) is 45.6 Å². The van der Waals surface area contributed by atoms with Crippen molar-refractivity contribution in [2.24, 2.45) is 5.92 Å². The van der Waals surface area contributed by atoms with Gasteiger partial charge in [-0.2, -0.15) is 5.10 Å². The minimum absolute atomic E-state index is 0.830. The SMILES string of the molecule is Cc1nn(CC2CCCCC2)cc1-c1ccccc1. The molecule has 1 heterocycles. The number of nitrogens with zero attached hydrogens (tertiary/aromatic N) is 2. The Labute approximate surface area is 115 Å². The van der Waals surface area contributed by atoms with Gasteiger partial charge in [0.05, 0.1) is 5.69 Å². The summed E-state index contributed by atoms with van der Waals surface area (Å²) in [5.74, 6) is 0.830. The van der Waals surface area contributed by atoms with Crippen LogP contribution >= 0.6 is 0 Å². The molecule has 1 aromatic carbocycles. The van der Waals surface area contributed by atoms with Gasteiger partial charge in [0.2, 0.25) is 0 Å². The molecular weight excluding hydrogens is 232 g/mol. The van der Waals surface area contributed by atoms with E-state index in [0.29, 0.717) is 0 Å². The van der Waals surface area contributed by atoms with Gasteiger partial charge in [0, 0.05) is 18.3 Å². The summed E-state index contributed by atoms with van der Waals surface area (Å²) in [7, 11) is 0. The number of rotatable bonds is 3. The highest BCUT2D eigenvalue weighted by Gasteiger charge is 2.15. The molecule has 0 N–H and O–H groups in total. The third-order valence-electron chi connectivity index (χ3n) is 4.20. The van der Waals surface area contributed by atoms with E-state index in [2.05, 4.69) is 48.1 Å². The quantitative estimate of drug-likeness (QED) is 0.791. The van der Waals surface area contributed by atoms with Gasteiger partial charge in [-0.3, -0.25) is 4.68 Å². The van der Waals surface area contributed by atoms with Crippen molar-refractivity contribution in [1.29, 1.82) is 0 Å². The molecule has 0 unspecified atom stereocenters. The first-order valence-electron chi connectivity index (χ1n) is 7.42. The predicted molar refractivity (Wildman–Crippen MR) is 79.0 cm³/mol. The molecule has 1 aliphatic rings. The van der Waals surface area contributed by atoms with Crippen LogP contribution in [-0.4, -0.2) is 9.78 Å². The van der Waals surface area contributed by atoms with Crippen LogP contribution in [0.1, 0.15) is 37.8 Å². The number of aryl methyl sites for hydroxylation is 1. The van der Waals surface area contributed by atoms with Crippen molar-refractivity contribution in [2.75, 3.05) is 0 Å². The summed E-state index contributed by atoms with van der Waals surface area (Å²) in [6, 6.07) is 10.6. The van der Waals surface area contributed by atoms with Crippen LogP contribution in [0.4, 0.5) is 0 Å². The van der Waals surface area contributed by atoms with Crippen LogP contribution in [0.15, 0.2) is 36.5 Å². The average Bonchev–Trinajstić information content (AvgIpc) is 2.82. The zero-order chi connectivity index (χ0) is 13.1. The van der Waals surface area contributed by atoms with E-state index in [4.69, 9.17) is 5.10 Å². The second-order valence-electron chi connectivity index (χ2n) is 5.72. The molecule has 0 aliphatic heterocycles. The van der Waals surface area contributed by atoms with Crippen LogP contribution in [0.25, 0.3) is 11.1 Å². The second kappa shape index (κ2) is 5.60. The van der Waals surface area contributed by atoms with Crippen molar-refractivity contribution in [3.05, 3.63) is 42.2 Å². The van der Waals surface area contributed by atoms with Gasteiger partial charge in [-0.15, -0.1) is 0 Å². The van der Waals surface area contributed by atoms with E-state index in [0.717, 1.165) is 18.2 Å². The molecule has 1 saturated carbocycles. The Bertz CT molecular complexity index is 521. The molecule has 2 aromatic rings. The standard InChI is InChI=1S/C17H22N2/c1-14-17(16-10-6-3-7-11-16)13-19(18-14)12-15-8-4-2-5-9-15/h3,6-7,10-11,13,15H,2,4-5,8-9,12H2,1H3. The Kier molecular flexibility index (Phi) is 3.67. The Morgan fingerprint density at radius 3 is 2.58 bits per heavy atom. The Hall–Kier alpha value is -1.57. The van der Waals surface area contributed by atoms with Gasteiger partial charge in [0.1, 0.15) is 0 Å². The van der Waals surface area contributed by atoms with E-state index in [1.165, 1.54) is 43.2 Å². The summed E-state index contributed by atoms with van der Waals surface area (Å²) in [6.07, 6.45) is 9.19. The lowest BCUT2D eigenvalue weighted by Gasteiger charge is -2.21. The minimum Gasteiger partial charge on any atom is -0.272 e. The summed E-state index contributed by atoms with van der Waals surface area (Å²) in [6.45, 7) is 3.20. The third-order valence-corrected chi connectivity index (χ3v) is 4.20. The van der Waals surface area contributed by atoms with Crippen molar-refractivity contribution in [3.8, 4) is 11.1 Å². The van der Waals surface area contributed by atoms with E-state index in [-0.39, 0.29) is 0 Å². The van der Waals surface area contributed by atoms with E-state index < -0.39 is 0 Å². The van der Waals surface area contributed by atoms with Gasteiger partial charge in [-0.1, -0.05) is 49.6 Å². The molecule has 1 aromatic heterocycles. The van der Waals surface area contributed by atoms with Gasteiger partial charge >= 0.3 is 0 Å². The maximum Gasteiger partial charge on any atom is 0.0672 e. The first-order valence-corrected chi connectivity index (χ1v) is 7.42. The Balaban J connectivity index is 1.77. The van der Waals surface area contributed by atoms with E-state index >= 15 is 0 Å². The van der Waals surface area contributed by atoms with Gasteiger partial charge in [0.25, 0.3) is 0 Å².